The molecule has 6 rings (SSSR count). The Hall–Kier alpha value is -5.60. The molecule has 2 heteroatoms. The molecule has 2 nitrogen and oxygen atoms in total. The van der Waals surface area contributed by atoms with Crippen LogP contribution in [-0.4, -0.2) is 20.6 Å². The summed E-state index contributed by atoms with van der Waals surface area (Å²) in [5.74, 6) is 0.443. The normalized spacial score (nSPS) is 15.1. The third kappa shape index (κ3) is 9.06. The second-order valence-electron chi connectivity index (χ2n) is 12.4. The molecule has 0 spiro atoms. The molecule has 0 aromatic heterocycles. The van der Waals surface area contributed by atoms with Crippen LogP contribution in [-0.2, 0) is 0 Å². The van der Waals surface area contributed by atoms with Crippen molar-refractivity contribution < 1.29 is 0 Å². The summed E-state index contributed by atoms with van der Waals surface area (Å²) in [5.41, 5.74) is 5.10. The van der Waals surface area contributed by atoms with E-state index in [0.29, 0.717) is 5.92 Å². The van der Waals surface area contributed by atoms with Crippen molar-refractivity contribution >= 4 is 43.7 Å². The monoisotopic (exact) mass is 640 g/mol. The van der Waals surface area contributed by atoms with E-state index in [1.54, 1.807) is 6.08 Å². The van der Waals surface area contributed by atoms with Gasteiger partial charge in [-0.25, -0.2) is 0 Å². The zero-order chi connectivity index (χ0) is 34.4. The van der Waals surface area contributed by atoms with E-state index in [-0.39, 0.29) is 0 Å². The van der Waals surface area contributed by atoms with E-state index in [1.807, 2.05) is 25.2 Å². The van der Waals surface area contributed by atoms with Gasteiger partial charge in [-0.3, -0.25) is 0 Å². The number of allylic oxidation sites excluding steroid dienone is 13. The van der Waals surface area contributed by atoms with E-state index in [2.05, 4.69) is 189 Å². The molecule has 5 aromatic carbocycles. The Morgan fingerprint density at radius 2 is 1.43 bits per heavy atom. The molecule has 1 unspecified atom stereocenters. The van der Waals surface area contributed by atoms with E-state index < -0.39 is 0 Å². The second kappa shape index (κ2) is 17.5. The third-order valence-corrected chi connectivity index (χ3v) is 8.81. The van der Waals surface area contributed by atoms with Crippen molar-refractivity contribution in [1.29, 1.82) is 0 Å². The molecule has 0 aliphatic heterocycles. The average Bonchev–Trinajstić information content (AvgIpc) is 3.14. The first-order chi connectivity index (χ1) is 24.0. The maximum Gasteiger partial charge on any atom is 0.0447 e. The van der Waals surface area contributed by atoms with Crippen LogP contribution in [0.1, 0.15) is 20.3 Å². The highest BCUT2D eigenvalue weighted by Crippen LogP contribution is 2.33. The first-order valence-corrected chi connectivity index (χ1v) is 17.1. The lowest BCUT2D eigenvalue weighted by Gasteiger charge is -2.28. The van der Waals surface area contributed by atoms with Crippen LogP contribution in [0.2, 0.25) is 0 Å². The Morgan fingerprint density at radius 1 is 0.735 bits per heavy atom. The zero-order valence-corrected chi connectivity index (χ0v) is 29.3. The molecular formula is C47H48N2. The first-order valence-electron chi connectivity index (χ1n) is 17.1. The standard InChI is InChI=1S/C31H33N.C16H15N/c1-4-6-8-10-14-24-32(31-23-20-28-16-12-13-17-29(28)25-31)30-21-18-27(19-22-30)26(3)15-11-9-7-5-2;1-17(2)16-11-12-7-3-4-8-13(12)14-9-5-6-10-15(14)16/h4-18,20-23,25,27H,1,19,24H2,2-3H3;3-11H,1-2H3/b7-5-,8-6-,11-9-,14-10-,26-15+;. The van der Waals surface area contributed by atoms with Crippen LogP contribution < -0.4 is 9.80 Å². The van der Waals surface area contributed by atoms with Crippen LogP contribution >= 0.6 is 0 Å². The fourth-order valence-corrected chi connectivity index (χ4v) is 6.15. The lowest BCUT2D eigenvalue weighted by molar-refractivity contribution is 0.754. The predicted octanol–water partition coefficient (Wildman–Crippen LogP) is 12.5. The van der Waals surface area contributed by atoms with Gasteiger partial charge in [0.25, 0.3) is 0 Å². The van der Waals surface area contributed by atoms with Gasteiger partial charge in [-0.1, -0.05) is 164 Å². The SMILES string of the molecule is C=C/C=C\C=C/CN(C1=CCC(/C(C)=C/C=C\C=C/C)C=C1)c1ccc2ccccc2c1.CN(C)c1cc2ccccc2c2ccccc12. The van der Waals surface area contributed by atoms with Gasteiger partial charge < -0.3 is 9.80 Å². The Morgan fingerprint density at radius 3 is 2.14 bits per heavy atom. The van der Waals surface area contributed by atoms with Gasteiger partial charge >= 0.3 is 0 Å². The van der Waals surface area contributed by atoms with E-state index in [1.165, 1.54) is 55.0 Å². The first kappa shape index (κ1) is 34.7. The summed E-state index contributed by atoms with van der Waals surface area (Å²) in [7, 11) is 4.19. The highest BCUT2D eigenvalue weighted by atomic mass is 15.1. The summed E-state index contributed by atoms with van der Waals surface area (Å²) in [6, 6.07) is 34.6. The number of fused-ring (bicyclic) bond motifs is 4. The van der Waals surface area contributed by atoms with Crippen LogP contribution in [0, 0.1) is 5.92 Å². The molecular weight excluding hydrogens is 593 g/mol. The maximum atomic E-state index is 3.73. The summed E-state index contributed by atoms with van der Waals surface area (Å²) < 4.78 is 0. The van der Waals surface area contributed by atoms with E-state index in [0.717, 1.165) is 13.0 Å². The number of hydrogen-bond donors (Lipinski definition) is 0. The molecule has 5 aromatic rings. The molecule has 1 atom stereocenters. The van der Waals surface area contributed by atoms with Gasteiger partial charge in [0.05, 0.1) is 0 Å². The molecule has 0 saturated carbocycles. The molecule has 0 N–H and O–H groups in total. The topological polar surface area (TPSA) is 6.48 Å². The highest BCUT2D eigenvalue weighted by Gasteiger charge is 2.16. The van der Waals surface area contributed by atoms with Crippen LogP contribution in [0.15, 0.2) is 194 Å². The lowest BCUT2D eigenvalue weighted by atomic mass is 9.91. The van der Waals surface area contributed by atoms with Gasteiger partial charge in [0.2, 0.25) is 0 Å². The largest absolute Gasteiger partial charge is 0.377 e. The predicted molar refractivity (Wildman–Crippen MR) is 219 cm³/mol. The number of hydrogen-bond acceptors (Lipinski definition) is 2. The van der Waals surface area contributed by atoms with E-state index in [4.69, 9.17) is 0 Å². The summed E-state index contributed by atoms with van der Waals surface area (Å²) in [6.45, 7) is 8.78. The fraction of sp³-hybridized carbons (Fsp3) is 0.149. The summed E-state index contributed by atoms with van der Waals surface area (Å²) in [4.78, 5) is 4.55. The minimum Gasteiger partial charge on any atom is -0.377 e. The van der Waals surface area contributed by atoms with Crippen molar-refractivity contribution in [1.82, 2.24) is 0 Å². The highest BCUT2D eigenvalue weighted by molar-refractivity contribution is 6.13. The fourth-order valence-electron chi connectivity index (χ4n) is 6.15. The Labute approximate surface area is 293 Å². The van der Waals surface area contributed by atoms with E-state index >= 15 is 0 Å². The molecule has 0 bridgehead atoms. The Kier molecular flexibility index (Phi) is 12.4. The average molecular weight is 641 g/mol. The number of anilines is 2. The van der Waals surface area contributed by atoms with Gasteiger partial charge in [-0.05, 0) is 71.5 Å². The molecule has 0 radical (unpaired) electrons. The zero-order valence-electron chi connectivity index (χ0n) is 29.3. The second-order valence-corrected chi connectivity index (χ2v) is 12.4. The third-order valence-electron chi connectivity index (χ3n) is 8.81. The van der Waals surface area contributed by atoms with Crippen molar-refractivity contribution in [2.24, 2.45) is 5.92 Å². The molecule has 0 amide bonds. The molecule has 0 fully saturated rings. The molecule has 0 heterocycles. The van der Waals surface area contributed by atoms with Crippen LogP contribution in [0.5, 0.6) is 0 Å². The lowest BCUT2D eigenvalue weighted by Crippen LogP contribution is -2.23. The Bertz CT molecular complexity index is 2100. The summed E-state index contributed by atoms with van der Waals surface area (Å²) in [6.07, 6.45) is 28.5. The van der Waals surface area contributed by atoms with Gasteiger partial charge in [0.1, 0.15) is 0 Å². The molecule has 0 saturated heterocycles. The summed E-state index contributed by atoms with van der Waals surface area (Å²) in [5, 5.41) is 7.80. The minimum atomic E-state index is 0.443. The number of rotatable bonds is 10. The summed E-state index contributed by atoms with van der Waals surface area (Å²) >= 11 is 0. The molecule has 1 aliphatic rings. The minimum absolute atomic E-state index is 0.443. The smallest absolute Gasteiger partial charge is 0.0447 e. The van der Waals surface area contributed by atoms with Crippen molar-refractivity contribution in [3.8, 4) is 0 Å². The van der Waals surface area contributed by atoms with Crippen molar-refractivity contribution in [3.63, 3.8) is 0 Å². The van der Waals surface area contributed by atoms with Crippen LogP contribution in [0.3, 0.4) is 0 Å². The maximum absolute atomic E-state index is 3.73. The molecule has 1 aliphatic carbocycles. The molecule has 49 heavy (non-hydrogen) atoms. The van der Waals surface area contributed by atoms with Crippen LogP contribution in [0.4, 0.5) is 11.4 Å². The van der Waals surface area contributed by atoms with Gasteiger partial charge in [-0.15, -0.1) is 0 Å². The van der Waals surface area contributed by atoms with Crippen molar-refractivity contribution in [3.05, 3.63) is 194 Å². The van der Waals surface area contributed by atoms with Crippen molar-refractivity contribution in [2.75, 3.05) is 30.4 Å². The van der Waals surface area contributed by atoms with Gasteiger partial charge in [-0.2, -0.15) is 0 Å². The van der Waals surface area contributed by atoms with Gasteiger partial charge in [0.15, 0.2) is 0 Å². The molecule has 246 valence electrons. The quantitative estimate of drug-likeness (QED) is 0.111. The van der Waals surface area contributed by atoms with Crippen LogP contribution in [0.25, 0.3) is 32.3 Å². The number of benzene rings is 5. The van der Waals surface area contributed by atoms with E-state index in [9.17, 15) is 0 Å². The van der Waals surface area contributed by atoms with Gasteiger partial charge in [0, 0.05) is 49.0 Å². The number of nitrogens with zero attached hydrogens (tertiary/aromatic N) is 2. The van der Waals surface area contributed by atoms with Crippen molar-refractivity contribution in [2.45, 2.75) is 20.3 Å². The Balaban J connectivity index is 0.000000229.